The van der Waals surface area contributed by atoms with Gasteiger partial charge in [-0.15, -0.1) is 0 Å². The summed E-state index contributed by atoms with van der Waals surface area (Å²) in [5.41, 5.74) is 3.04. The fraction of sp³-hybridized carbons (Fsp3) is 0.316. The Balaban J connectivity index is 1.73. The van der Waals surface area contributed by atoms with E-state index < -0.39 is 0 Å². The molecule has 2 aliphatic heterocycles. The molecule has 4 nitrogen and oxygen atoms in total. The fourth-order valence-electron chi connectivity index (χ4n) is 3.41. The van der Waals surface area contributed by atoms with Crippen LogP contribution in [0.5, 0.6) is 5.75 Å². The van der Waals surface area contributed by atoms with Crippen LogP contribution in [0.25, 0.3) is 11.1 Å². The highest BCUT2D eigenvalue weighted by Gasteiger charge is 2.32. The van der Waals surface area contributed by atoms with E-state index in [4.69, 9.17) is 4.74 Å². The number of nitrogens with one attached hydrogen (secondary N) is 1. The number of para-hydroxylation sites is 1. The van der Waals surface area contributed by atoms with Crippen LogP contribution in [-0.4, -0.2) is 31.6 Å². The molecule has 118 valence electrons. The maximum Gasteiger partial charge on any atom is 0.244 e. The number of carbonyl (C=O) groups is 1. The highest BCUT2D eigenvalue weighted by Crippen LogP contribution is 2.40. The monoisotopic (exact) mass is 308 g/mol. The van der Waals surface area contributed by atoms with Gasteiger partial charge < -0.3 is 15.0 Å². The first kappa shape index (κ1) is 14.3. The molecule has 0 spiro atoms. The van der Waals surface area contributed by atoms with Crippen LogP contribution in [0.1, 0.15) is 12.8 Å². The number of hydrogen-bond donors (Lipinski definition) is 1. The average molecular weight is 308 g/mol. The number of amides is 1. The minimum absolute atomic E-state index is 0.0543. The molecule has 1 amide bonds. The van der Waals surface area contributed by atoms with Crippen LogP contribution in [0.2, 0.25) is 0 Å². The number of nitrogens with zero attached hydrogens (tertiary/aromatic N) is 1. The maximum atomic E-state index is 12.8. The van der Waals surface area contributed by atoms with Gasteiger partial charge in [-0.1, -0.05) is 42.5 Å². The van der Waals surface area contributed by atoms with E-state index >= 15 is 0 Å². The Labute approximate surface area is 136 Å². The minimum Gasteiger partial charge on any atom is -0.489 e. The lowest BCUT2D eigenvalue weighted by molar-refractivity contribution is -0.120. The van der Waals surface area contributed by atoms with Crippen molar-refractivity contribution in [2.75, 3.05) is 24.6 Å². The average Bonchev–Trinajstić information content (AvgIpc) is 3.15. The third kappa shape index (κ3) is 2.59. The molecule has 4 heteroatoms. The second-order valence-electron chi connectivity index (χ2n) is 6.01. The summed E-state index contributed by atoms with van der Waals surface area (Å²) in [7, 11) is 0. The van der Waals surface area contributed by atoms with Gasteiger partial charge in [-0.25, -0.2) is 0 Å². The summed E-state index contributed by atoms with van der Waals surface area (Å²) in [4.78, 5) is 14.7. The third-order valence-corrected chi connectivity index (χ3v) is 4.56. The summed E-state index contributed by atoms with van der Waals surface area (Å²) in [5, 5.41) is 3.30. The summed E-state index contributed by atoms with van der Waals surface area (Å²) in [5.74, 6) is 0.980. The van der Waals surface area contributed by atoms with Gasteiger partial charge in [0.15, 0.2) is 5.75 Å². The van der Waals surface area contributed by atoms with Crippen molar-refractivity contribution >= 4 is 11.6 Å². The molecule has 0 saturated carbocycles. The first-order valence-corrected chi connectivity index (χ1v) is 8.20. The molecule has 23 heavy (non-hydrogen) atoms. The zero-order chi connectivity index (χ0) is 15.6. The molecule has 1 fully saturated rings. The van der Waals surface area contributed by atoms with E-state index in [1.54, 1.807) is 0 Å². The van der Waals surface area contributed by atoms with Crippen LogP contribution in [0.15, 0.2) is 48.5 Å². The smallest absolute Gasteiger partial charge is 0.244 e. The molecular weight excluding hydrogens is 288 g/mol. The summed E-state index contributed by atoms with van der Waals surface area (Å²) in [6.07, 6.45) is 1.99. The van der Waals surface area contributed by atoms with Crippen LogP contribution < -0.4 is 15.0 Å². The number of hydrogen-bond acceptors (Lipinski definition) is 3. The molecule has 2 aliphatic rings. The maximum absolute atomic E-state index is 12.8. The van der Waals surface area contributed by atoms with E-state index in [0.29, 0.717) is 13.2 Å². The number of fused-ring (bicyclic) bond motifs is 1. The molecule has 0 radical (unpaired) electrons. The lowest BCUT2D eigenvalue weighted by Gasteiger charge is -2.32. The molecule has 2 aromatic carbocycles. The predicted octanol–water partition coefficient (Wildman–Crippen LogP) is 2.83. The Bertz CT molecular complexity index is 709. The first-order valence-electron chi connectivity index (χ1n) is 8.20. The van der Waals surface area contributed by atoms with Gasteiger partial charge in [-0.05, 0) is 31.0 Å². The first-order chi connectivity index (χ1) is 11.3. The zero-order valence-corrected chi connectivity index (χ0v) is 13.0. The number of benzene rings is 2. The number of ether oxygens (including phenoxy) is 1. The molecule has 1 unspecified atom stereocenters. The van der Waals surface area contributed by atoms with Crippen LogP contribution in [0.4, 0.5) is 5.69 Å². The number of anilines is 1. The lowest BCUT2D eigenvalue weighted by Crippen LogP contribution is -2.47. The second-order valence-corrected chi connectivity index (χ2v) is 6.01. The van der Waals surface area contributed by atoms with Crippen molar-refractivity contribution in [2.24, 2.45) is 0 Å². The highest BCUT2D eigenvalue weighted by atomic mass is 16.5. The van der Waals surface area contributed by atoms with Gasteiger partial charge in [0, 0.05) is 5.56 Å². The van der Waals surface area contributed by atoms with Crippen LogP contribution in [-0.2, 0) is 4.79 Å². The Morgan fingerprint density at radius 3 is 2.78 bits per heavy atom. The lowest BCUT2D eigenvalue weighted by atomic mass is 10.0. The molecule has 2 heterocycles. The summed E-state index contributed by atoms with van der Waals surface area (Å²) >= 11 is 0. The topological polar surface area (TPSA) is 41.6 Å². The molecular formula is C19H20N2O2. The standard InChI is InChI=1S/C19H20N2O2/c22-19(16-9-5-11-20-16)21-12-13-23-18-15(8-4-10-17(18)21)14-6-2-1-3-7-14/h1-4,6-8,10,16,20H,5,9,11-13H2. The van der Waals surface area contributed by atoms with Gasteiger partial charge in [-0.2, -0.15) is 0 Å². The molecule has 1 N–H and O–H groups in total. The van der Waals surface area contributed by atoms with Crippen molar-refractivity contribution in [3.8, 4) is 16.9 Å². The predicted molar refractivity (Wildman–Crippen MR) is 90.8 cm³/mol. The van der Waals surface area contributed by atoms with Crippen LogP contribution in [0.3, 0.4) is 0 Å². The summed E-state index contributed by atoms with van der Waals surface area (Å²) < 4.78 is 5.94. The fourth-order valence-corrected chi connectivity index (χ4v) is 3.41. The van der Waals surface area contributed by atoms with Gasteiger partial charge in [0.05, 0.1) is 18.3 Å². The van der Waals surface area contributed by atoms with Crippen molar-refractivity contribution in [1.29, 1.82) is 0 Å². The molecule has 1 atom stereocenters. The van der Waals surface area contributed by atoms with Crippen molar-refractivity contribution in [3.63, 3.8) is 0 Å². The minimum atomic E-state index is -0.0543. The normalized spacial score (nSPS) is 20.0. The molecule has 0 aromatic heterocycles. The van der Waals surface area contributed by atoms with Crippen LogP contribution >= 0.6 is 0 Å². The van der Waals surface area contributed by atoms with Crippen molar-refractivity contribution in [2.45, 2.75) is 18.9 Å². The SMILES string of the molecule is O=C(C1CCCN1)N1CCOc2c(-c3ccccc3)cccc21. The number of carbonyl (C=O) groups excluding carboxylic acids is 1. The Hall–Kier alpha value is -2.33. The van der Waals surface area contributed by atoms with E-state index in [2.05, 4.69) is 23.5 Å². The van der Waals surface area contributed by atoms with Crippen molar-refractivity contribution in [3.05, 3.63) is 48.5 Å². The Morgan fingerprint density at radius 1 is 1.13 bits per heavy atom. The molecule has 4 rings (SSSR count). The Kier molecular flexibility index (Phi) is 3.75. The van der Waals surface area contributed by atoms with Gasteiger partial charge in [0.1, 0.15) is 6.61 Å². The summed E-state index contributed by atoms with van der Waals surface area (Å²) in [6.45, 7) is 2.08. The molecule has 0 aliphatic carbocycles. The molecule has 1 saturated heterocycles. The van der Waals surface area contributed by atoms with Gasteiger partial charge in [0.2, 0.25) is 5.91 Å². The number of rotatable bonds is 2. The van der Waals surface area contributed by atoms with Crippen LogP contribution in [0, 0.1) is 0 Å². The van der Waals surface area contributed by atoms with Gasteiger partial charge in [0.25, 0.3) is 0 Å². The van der Waals surface area contributed by atoms with E-state index in [1.807, 2.05) is 35.2 Å². The van der Waals surface area contributed by atoms with Gasteiger partial charge >= 0.3 is 0 Å². The largest absolute Gasteiger partial charge is 0.489 e. The Morgan fingerprint density at radius 2 is 2.00 bits per heavy atom. The van der Waals surface area contributed by atoms with E-state index in [1.165, 1.54) is 0 Å². The highest BCUT2D eigenvalue weighted by molar-refractivity contribution is 6.00. The zero-order valence-electron chi connectivity index (χ0n) is 13.0. The second kappa shape index (κ2) is 6.05. The van der Waals surface area contributed by atoms with E-state index in [-0.39, 0.29) is 11.9 Å². The van der Waals surface area contributed by atoms with Crippen molar-refractivity contribution < 1.29 is 9.53 Å². The summed E-state index contributed by atoms with van der Waals surface area (Å²) in [6, 6.07) is 16.1. The molecule has 2 aromatic rings. The third-order valence-electron chi connectivity index (χ3n) is 4.56. The molecule has 0 bridgehead atoms. The quantitative estimate of drug-likeness (QED) is 0.927. The van der Waals surface area contributed by atoms with Crippen molar-refractivity contribution in [1.82, 2.24) is 5.32 Å². The van der Waals surface area contributed by atoms with E-state index in [9.17, 15) is 4.79 Å². The van der Waals surface area contributed by atoms with Gasteiger partial charge in [-0.3, -0.25) is 4.79 Å². The van der Waals surface area contributed by atoms with E-state index in [0.717, 1.165) is 42.0 Å².